The largest absolute Gasteiger partial charge is 0.493 e. The van der Waals surface area contributed by atoms with E-state index in [2.05, 4.69) is 10.6 Å². The molecule has 1 aliphatic heterocycles. The number of benzene rings is 1. The molecule has 0 aromatic heterocycles. The Morgan fingerprint density at radius 1 is 1.00 bits per heavy atom. The summed E-state index contributed by atoms with van der Waals surface area (Å²) >= 11 is 0. The number of hydrogen-bond donors (Lipinski definition) is 2. The van der Waals surface area contributed by atoms with Gasteiger partial charge >= 0.3 is 0 Å². The van der Waals surface area contributed by atoms with Crippen LogP contribution in [0, 0.1) is 0 Å². The Balaban J connectivity index is 2.00. The van der Waals surface area contributed by atoms with E-state index in [4.69, 9.17) is 9.47 Å². The summed E-state index contributed by atoms with van der Waals surface area (Å²) in [7, 11) is 3.17. The van der Waals surface area contributed by atoms with Gasteiger partial charge < -0.3 is 20.1 Å². The van der Waals surface area contributed by atoms with Crippen LogP contribution in [-0.4, -0.2) is 25.8 Å². The summed E-state index contributed by atoms with van der Waals surface area (Å²) in [5, 5.41) is 6.63. The Kier molecular flexibility index (Phi) is 3.20. The van der Waals surface area contributed by atoms with E-state index in [9.17, 15) is 4.79 Å². The summed E-state index contributed by atoms with van der Waals surface area (Å²) < 4.78 is 10.6. The Labute approximate surface area is 118 Å². The zero-order valence-corrected chi connectivity index (χ0v) is 11.9. The van der Waals surface area contributed by atoms with E-state index in [0.717, 1.165) is 31.4 Å². The zero-order valence-electron chi connectivity index (χ0n) is 11.9. The molecule has 1 aliphatic carbocycles. The van der Waals surface area contributed by atoms with Crippen LogP contribution < -0.4 is 20.1 Å². The molecule has 0 atom stereocenters. The lowest BCUT2D eigenvalue weighted by Gasteiger charge is -2.43. The predicted molar refractivity (Wildman–Crippen MR) is 76.5 cm³/mol. The third-order valence-corrected chi connectivity index (χ3v) is 4.20. The van der Waals surface area contributed by atoms with Crippen molar-refractivity contribution in [3.63, 3.8) is 0 Å². The topological polar surface area (TPSA) is 59.6 Å². The van der Waals surface area contributed by atoms with Crippen molar-refractivity contribution in [3.8, 4) is 11.5 Å². The third-order valence-electron chi connectivity index (χ3n) is 4.20. The molecule has 1 fully saturated rings. The lowest BCUT2D eigenvalue weighted by atomic mass is 9.86. The lowest BCUT2D eigenvalue weighted by Crippen LogP contribution is -2.58. The number of amides is 1. The summed E-state index contributed by atoms with van der Waals surface area (Å²) in [4.78, 5) is 12.4. The molecule has 1 heterocycles. The second-order valence-corrected chi connectivity index (χ2v) is 5.47. The number of nitrogens with one attached hydrogen (secondary N) is 2. The molecule has 0 unspecified atom stereocenters. The first-order valence-electron chi connectivity index (χ1n) is 7.04. The van der Waals surface area contributed by atoms with Gasteiger partial charge in [-0.25, -0.2) is 0 Å². The molecule has 2 N–H and O–H groups in total. The van der Waals surface area contributed by atoms with Gasteiger partial charge in [-0.05, 0) is 31.7 Å². The maximum Gasteiger partial charge on any atom is 0.255 e. The summed E-state index contributed by atoms with van der Waals surface area (Å²) in [6, 6.07) is 3.58. The maximum atomic E-state index is 12.4. The van der Waals surface area contributed by atoms with Crippen LogP contribution in [0.2, 0.25) is 0 Å². The number of carbonyl (C=O) groups is 1. The number of ether oxygens (including phenoxy) is 2. The van der Waals surface area contributed by atoms with Gasteiger partial charge in [-0.2, -0.15) is 0 Å². The quantitative estimate of drug-likeness (QED) is 0.871. The highest BCUT2D eigenvalue weighted by atomic mass is 16.5. The van der Waals surface area contributed by atoms with E-state index < -0.39 is 0 Å². The van der Waals surface area contributed by atoms with Crippen LogP contribution in [0.4, 0.5) is 5.69 Å². The molecule has 1 saturated carbocycles. The Hall–Kier alpha value is -1.91. The van der Waals surface area contributed by atoms with Crippen LogP contribution in [0.3, 0.4) is 0 Å². The van der Waals surface area contributed by atoms with Crippen molar-refractivity contribution in [1.82, 2.24) is 5.32 Å². The fourth-order valence-electron chi connectivity index (χ4n) is 3.15. The molecule has 108 valence electrons. The van der Waals surface area contributed by atoms with Crippen LogP contribution in [0.1, 0.15) is 42.5 Å². The lowest BCUT2D eigenvalue weighted by molar-refractivity contribution is 0.0876. The molecule has 3 rings (SSSR count). The Bertz CT molecular complexity index is 536. The van der Waals surface area contributed by atoms with Crippen molar-refractivity contribution in [1.29, 1.82) is 0 Å². The smallest absolute Gasteiger partial charge is 0.255 e. The fourth-order valence-corrected chi connectivity index (χ4v) is 3.15. The molecule has 1 aromatic rings. The SMILES string of the molecule is COc1cc2c(cc1OC)C(=O)NC1(CCCCC1)N2. The van der Waals surface area contributed by atoms with Gasteiger partial charge in [0.15, 0.2) is 11.5 Å². The van der Waals surface area contributed by atoms with Crippen molar-refractivity contribution >= 4 is 11.6 Å². The van der Waals surface area contributed by atoms with Gasteiger partial charge in [-0.15, -0.1) is 0 Å². The van der Waals surface area contributed by atoms with E-state index in [1.54, 1.807) is 20.3 Å². The van der Waals surface area contributed by atoms with E-state index >= 15 is 0 Å². The number of hydrogen-bond acceptors (Lipinski definition) is 4. The van der Waals surface area contributed by atoms with Crippen molar-refractivity contribution in [2.75, 3.05) is 19.5 Å². The molecule has 0 radical (unpaired) electrons. The molecular weight excluding hydrogens is 256 g/mol. The van der Waals surface area contributed by atoms with E-state index in [0.29, 0.717) is 17.1 Å². The van der Waals surface area contributed by atoms with Gasteiger partial charge in [0.1, 0.15) is 5.66 Å². The van der Waals surface area contributed by atoms with Crippen LogP contribution in [0.15, 0.2) is 12.1 Å². The highest BCUT2D eigenvalue weighted by Gasteiger charge is 2.38. The first kappa shape index (κ1) is 13.1. The summed E-state index contributed by atoms with van der Waals surface area (Å²) in [6.45, 7) is 0. The number of anilines is 1. The van der Waals surface area contributed by atoms with Crippen LogP contribution in [0.5, 0.6) is 11.5 Å². The third kappa shape index (κ3) is 2.07. The molecule has 1 aromatic carbocycles. The fraction of sp³-hybridized carbons (Fsp3) is 0.533. The molecule has 0 bridgehead atoms. The van der Waals surface area contributed by atoms with Gasteiger partial charge in [0, 0.05) is 6.07 Å². The maximum absolute atomic E-state index is 12.4. The molecular formula is C15H20N2O3. The average Bonchev–Trinajstić information content (AvgIpc) is 2.46. The normalized spacial score (nSPS) is 19.8. The monoisotopic (exact) mass is 276 g/mol. The zero-order chi connectivity index (χ0) is 14.2. The highest BCUT2D eigenvalue weighted by molar-refractivity contribution is 6.03. The molecule has 5 heteroatoms. The van der Waals surface area contributed by atoms with Crippen molar-refractivity contribution in [3.05, 3.63) is 17.7 Å². The molecule has 5 nitrogen and oxygen atoms in total. The molecule has 1 amide bonds. The second-order valence-electron chi connectivity index (χ2n) is 5.47. The van der Waals surface area contributed by atoms with Crippen molar-refractivity contribution in [2.45, 2.75) is 37.8 Å². The average molecular weight is 276 g/mol. The Morgan fingerprint density at radius 2 is 1.65 bits per heavy atom. The summed E-state index contributed by atoms with van der Waals surface area (Å²) in [5.74, 6) is 1.17. The van der Waals surface area contributed by atoms with Gasteiger partial charge in [-0.3, -0.25) is 4.79 Å². The summed E-state index contributed by atoms with van der Waals surface area (Å²) in [5.41, 5.74) is 1.15. The minimum absolute atomic E-state index is 0.0402. The van der Waals surface area contributed by atoms with Crippen LogP contribution in [0.25, 0.3) is 0 Å². The number of carbonyl (C=O) groups excluding carboxylic acids is 1. The predicted octanol–water partition coefficient (Wildman–Crippen LogP) is 2.52. The highest BCUT2D eigenvalue weighted by Crippen LogP contribution is 2.39. The second kappa shape index (κ2) is 4.89. The van der Waals surface area contributed by atoms with Crippen molar-refractivity contribution in [2.24, 2.45) is 0 Å². The Morgan fingerprint density at radius 3 is 2.30 bits per heavy atom. The van der Waals surface area contributed by atoms with E-state index in [1.165, 1.54) is 6.42 Å². The van der Waals surface area contributed by atoms with Crippen LogP contribution >= 0.6 is 0 Å². The molecule has 2 aliphatic rings. The van der Waals surface area contributed by atoms with E-state index in [1.807, 2.05) is 6.07 Å². The number of rotatable bonds is 2. The first-order valence-corrected chi connectivity index (χ1v) is 7.04. The van der Waals surface area contributed by atoms with Gasteiger partial charge in [0.25, 0.3) is 5.91 Å². The number of fused-ring (bicyclic) bond motifs is 1. The van der Waals surface area contributed by atoms with Crippen LogP contribution in [-0.2, 0) is 0 Å². The molecule has 0 saturated heterocycles. The molecule has 1 spiro atoms. The minimum atomic E-state index is -0.290. The van der Waals surface area contributed by atoms with Gasteiger partial charge in [-0.1, -0.05) is 6.42 Å². The minimum Gasteiger partial charge on any atom is -0.493 e. The number of methoxy groups -OCH3 is 2. The first-order chi connectivity index (χ1) is 9.67. The van der Waals surface area contributed by atoms with E-state index in [-0.39, 0.29) is 11.6 Å². The van der Waals surface area contributed by atoms with Crippen molar-refractivity contribution < 1.29 is 14.3 Å². The summed E-state index contributed by atoms with van der Waals surface area (Å²) in [6.07, 6.45) is 5.43. The van der Waals surface area contributed by atoms with Gasteiger partial charge in [0.05, 0.1) is 25.5 Å². The molecule has 20 heavy (non-hydrogen) atoms. The van der Waals surface area contributed by atoms with Gasteiger partial charge in [0.2, 0.25) is 0 Å². The standard InChI is InChI=1S/C15H20N2O3/c1-19-12-8-10-11(9-13(12)20-2)16-15(17-14(10)18)6-4-3-5-7-15/h8-9,16H,3-7H2,1-2H3,(H,17,18).